The van der Waals surface area contributed by atoms with Crippen LogP contribution in [0, 0.1) is 0 Å². The average Bonchev–Trinajstić information content (AvgIpc) is 3.31. The van der Waals surface area contributed by atoms with Crippen LogP contribution in [0.1, 0.15) is 23.4 Å². The summed E-state index contributed by atoms with van der Waals surface area (Å²) in [5.74, 6) is 0. The Morgan fingerprint density at radius 2 is 2.00 bits per heavy atom. The fourth-order valence-electron chi connectivity index (χ4n) is 2.89. The molecule has 4 rings (SSSR count). The largest absolute Gasteiger partial charge is 0.294 e. The van der Waals surface area contributed by atoms with Gasteiger partial charge < -0.3 is 0 Å². The van der Waals surface area contributed by atoms with Crippen LogP contribution < -0.4 is 0 Å². The first-order valence-electron chi connectivity index (χ1n) is 8.18. The predicted molar refractivity (Wildman–Crippen MR) is 100 cm³/mol. The van der Waals surface area contributed by atoms with Crippen LogP contribution in [0.3, 0.4) is 0 Å². The number of thiazole rings is 1. The summed E-state index contributed by atoms with van der Waals surface area (Å²) < 4.78 is 1.86. The Morgan fingerprint density at radius 1 is 1.16 bits per heavy atom. The van der Waals surface area contributed by atoms with E-state index in [0.29, 0.717) is 6.04 Å². The molecule has 0 bridgehead atoms. The first-order chi connectivity index (χ1) is 12.2. The Kier molecular flexibility index (Phi) is 4.29. The maximum atomic E-state index is 4.66. The number of fused-ring (bicyclic) bond motifs is 1. The van der Waals surface area contributed by atoms with Crippen LogP contribution in [0.4, 0.5) is 0 Å². The van der Waals surface area contributed by atoms with Gasteiger partial charge in [0.25, 0.3) is 0 Å². The Hall–Kier alpha value is -2.57. The highest BCUT2D eigenvalue weighted by molar-refractivity contribution is 7.09. The minimum absolute atomic E-state index is 0.320. The maximum Gasteiger partial charge on any atom is 0.162 e. The lowest BCUT2D eigenvalue weighted by Crippen LogP contribution is -2.21. The summed E-state index contributed by atoms with van der Waals surface area (Å²) in [5.41, 5.74) is 6.08. The van der Waals surface area contributed by atoms with E-state index in [1.165, 1.54) is 4.88 Å². The molecule has 5 nitrogen and oxygen atoms in total. The second kappa shape index (κ2) is 6.74. The molecule has 3 aromatic heterocycles. The Morgan fingerprint density at radius 3 is 2.76 bits per heavy atom. The van der Waals surface area contributed by atoms with Gasteiger partial charge in [-0.15, -0.1) is 11.3 Å². The third kappa shape index (κ3) is 3.18. The van der Waals surface area contributed by atoms with Crippen molar-refractivity contribution in [3.63, 3.8) is 0 Å². The van der Waals surface area contributed by atoms with Crippen molar-refractivity contribution in [2.75, 3.05) is 7.05 Å². The first kappa shape index (κ1) is 15.9. The normalized spacial score (nSPS) is 12.8. The van der Waals surface area contributed by atoms with Crippen LogP contribution in [-0.4, -0.2) is 31.5 Å². The number of nitrogens with zero attached hydrogens (tertiary/aromatic N) is 5. The number of benzene rings is 1. The van der Waals surface area contributed by atoms with Gasteiger partial charge in [-0.3, -0.25) is 9.88 Å². The average molecular weight is 349 g/mol. The zero-order chi connectivity index (χ0) is 17.2. The van der Waals surface area contributed by atoms with Crippen molar-refractivity contribution < 1.29 is 0 Å². The molecule has 0 amide bonds. The van der Waals surface area contributed by atoms with Crippen LogP contribution in [-0.2, 0) is 6.54 Å². The van der Waals surface area contributed by atoms with Crippen molar-refractivity contribution in [2.24, 2.45) is 0 Å². The third-order valence-electron chi connectivity index (χ3n) is 4.45. The van der Waals surface area contributed by atoms with E-state index in [4.69, 9.17) is 0 Å². The van der Waals surface area contributed by atoms with Crippen molar-refractivity contribution in [1.82, 2.24) is 24.5 Å². The number of aromatic nitrogens is 4. The van der Waals surface area contributed by atoms with Crippen LogP contribution in [0.15, 0.2) is 60.6 Å². The molecular formula is C19H19N5S. The second-order valence-electron chi connectivity index (χ2n) is 6.15. The molecule has 0 unspecified atom stereocenters. The summed E-state index contributed by atoms with van der Waals surface area (Å²) in [5, 5.41) is 4.49. The molecule has 0 spiro atoms. The SMILES string of the molecule is C[C@H](c1cncs1)N(C)Cc1cnc2c(-c3ccccc3)cnn2c1. The van der Waals surface area contributed by atoms with E-state index in [0.717, 1.165) is 28.9 Å². The van der Waals surface area contributed by atoms with E-state index in [-0.39, 0.29) is 0 Å². The fourth-order valence-corrected chi connectivity index (χ4v) is 3.63. The molecule has 4 aromatic rings. The van der Waals surface area contributed by atoms with E-state index < -0.39 is 0 Å². The van der Waals surface area contributed by atoms with E-state index in [9.17, 15) is 0 Å². The summed E-state index contributed by atoms with van der Waals surface area (Å²) in [7, 11) is 2.12. The molecular weight excluding hydrogens is 330 g/mol. The smallest absolute Gasteiger partial charge is 0.162 e. The molecule has 1 aromatic carbocycles. The van der Waals surface area contributed by atoms with Gasteiger partial charge in [0.05, 0.1) is 11.7 Å². The molecule has 0 aliphatic carbocycles. The van der Waals surface area contributed by atoms with Crippen molar-refractivity contribution in [1.29, 1.82) is 0 Å². The fraction of sp³-hybridized carbons (Fsp3) is 0.211. The second-order valence-corrected chi connectivity index (χ2v) is 7.07. The topological polar surface area (TPSA) is 46.3 Å². The first-order valence-corrected chi connectivity index (χ1v) is 9.06. The minimum atomic E-state index is 0.320. The van der Waals surface area contributed by atoms with Crippen molar-refractivity contribution >= 4 is 17.0 Å². The zero-order valence-electron chi connectivity index (χ0n) is 14.2. The summed E-state index contributed by atoms with van der Waals surface area (Å²) in [6.07, 6.45) is 7.82. The number of hydrogen-bond acceptors (Lipinski definition) is 5. The van der Waals surface area contributed by atoms with Crippen LogP contribution in [0.25, 0.3) is 16.8 Å². The minimum Gasteiger partial charge on any atom is -0.294 e. The molecule has 25 heavy (non-hydrogen) atoms. The molecule has 3 heterocycles. The highest BCUT2D eigenvalue weighted by atomic mass is 32.1. The molecule has 0 N–H and O–H groups in total. The molecule has 6 heteroatoms. The summed E-state index contributed by atoms with van der Waals surface area (Å²) >= 11 is 1.69. The molecule has 0 saturated carbocycles. The number of rotatable bonds is 5. The maximum absolute atomic E-state index is 4.66. The van der Waals surface area contributed by atoms with E-state index in [2.05, 4.69) is 52.3 Å². The lowest BCUT2D eigenvalue weighted by molar-refractivity contribution is 0.255. The lowest BCUT2D eigenvalue weighted by atomic mass is 10.1. The highest BCUT2D eigenvalue weighted by Gasteiger charge is 2.14. The van der Waals surface area contributed by atoms with Crippen LogP contribution in [0.2, 0.25) is 0 Å². The van der Waals surface area contributed by atoms with Gasteiger partial charge in [-0.1, -0.05) is 30.3 Å². The van der Waals surface area contributed by atoms with Gasteiger partial charge in [0.2, 0.25) is 0 Å². The van der Waals surface area contributed by atoms with Crippen molar-refractivity contribution in [3.8, 4) is 11.1 Å². The summed E-state index contributed by atoms with van der Waals surface area (Å²) in [4.78, 5) is 12.4. The third-order valence-corrected chi connectivity index (χ3v) is 5.40. The Labute approximate surface area is 150 Å². The molecule has 126 valence electrons. The summed E-state index contributed by atoms with van der Waals surface area (Å²) in [6, 6.07) is 10.6. The molecule has 0 saturated heterocycles. The predicted octanol–water partition coefficient (Wildman–Crippen LogP) is 4.05. The molecule has 0 aliphatic rings. The standard InChI is InChI=1S/C19H19N5S/c1-14(18-10-20-13-25-18)23(2)11-15-8-21-19-17(9-22-24(19)12-15)16-6-4-3-5-7-16/h3-10,12-14H,11H2,1-2H3/t14-/m1/s1. The molecule has 0 aliphatic heterocycles. The Balaban J connectivity index is 1.58. The van der Waals surface area contributed by atoms with Crippen molar-refractivity contribution in [3.05, 3.63) is 71.1 Å². The van der Waals surface area contributed by atoms with Gasteiger partial charge >= 0.3 is 0 Å². The van der Waals surface area contributed by atoms with E-state index in [1.807, 2.05) is 46.8 Å². The van der Waals surface area contributed by atoms with Gasteiger partial charge in [-0.05, 0) is 19.5 Å². The van der Waals surface area contributed by atoms with Crippen LogP contribution >= 0.6 is 11.3 Å². The van der Waals surface area contributed by atoms with Crippen molar-refractivity contribution in [2.45, 2.75) is 19.5 Å². The van der Waals surface area contributed by atoms with E-state index >= 15 is 0 Å². The summed E-state index contributed by atoms with van der Waals surface area (Å²) in [6.45, 7) is 3.00. The molecule has 1 atom stereocenters. The van der Waals surface area contributed by atoms with Gasteiger partial charge in [-0.2, -0.15) is 5.10 Å². The highest BCUT2D eigenvalue weighted by Crippen LogP contribution is 2.25. The lowest BCUT2D eigenvalue weighted by Gasteiger charge is -2.23. The van der Waals surface area contributed by atoms with E-state index in [1.54, 1.807) is 11.3 Å². The molecule has 0 fully saturated rings. The van der Waals surface area contributed by atoms with Gasteiger partial charge in [-0.25, -0.2) is 9.50 Å². The zero-order valence-corrected chi connectivity index (χ0v) is 15.0. The Bertz CT molecular complexity index is 962. The van der Waals surface area contributed by atoms with Gasteiger partial charge in [0.15, 0.2) is 5.65 Å². The quantitative estimate of drug-likeness (QED) is 0.545. The van der Waals surface area contributed by atoms with Gasteiger partial charge in [0.1, 0.15) is 0 Å². The molecule has 0 radical (unpaired) electrons. The van der Waals surface area contributed by atoms with Crippen LogP contribution in [0.5, 0.6) is 0 Å². The monoisotopic (exact) mass is 349 g/mol. The number of hydrogen-bond donors (Lipinski definition) is 0. The van der Waals surface area contributed by atoms with Gasteiger partial charge in [0, 0.05) is 47.2 Å².